The van der Waals surface area contributed by atoms with E-state index in [0.717, 1.165) is 25.7 Å². The highest BCUT2D eigenvalue weighted by molar-refractivity contribution is 7.33. The summed E-state index contributed by atoms with van der Waals surface area (Å²) in [5.41, 5.74) is 7.26. The number of anilines is 1. The van der Waals surface area contributed by atoms with Gasteiger partial charge in [-0.05, 0) is 12.8 Å². The largest absolute Gasteiger partial charge is 0.387 e. The smallest absolute Gasteiger partial charge is 0.318 e. The number of hydrogen-bond donors (Lipinski definition) is 2. The van der Waals surface area contributed by atoms with Gasteiger partial charge < -0.3 is 38.4 Å². The summed E-state index contributed by atoms with van der Waals surface area (Å²) in [5.74, 6) is 0.201. The van der Waals surface area contributed by atoms with Gasteiger partial charge in [0.25, 0.3) is 0 Å². The predicted octanol–water partition coefficient (Wildman–Crippen LogP) is 1.51. The van der Waals surface area contributed by atoms with Gasteiger partial charge in [0, 0.05) is 20.8 Å². The van der Waals surface area contributed by atoms with Gasteiger partial charge in [-0.2, -0.15) is 0 Å². The molecule has 3 aromatic heterocycles. The number of unbranched alkanes of at least 4 members (excludes halogenated alkanes) is 3. The monoisotopic (exact) mass is 604 g/mol. The minimum absolute atomic E-state index is 0.0453. The third kappa shape index (κ3) is 7.90. The molecule has 4 heterocycles. The van der Waals surface area contributed by atoms with Crippen LogP contribution in [-0.4, -0.2) is 85.4 Å². The molecule has 1 aliphatic heterocycles. The maximum absolute atomic E-state index is 11.7. The molecule has 4 rings (SSSR count). The van der Waals surface area contributed by atoms with E-state index in [1.54, 1.807) is 15.4 Å². The maximum atomic E-state index is 11.7. The second-order valence-electron chi connectivity index (χ2n) is 8.87. The summed E-state index contributed by atoms with van der Waals surface area (Å²) < 4.78 is 57.7. The van der Waals surface area contributed by atoms with Crippen LogP contribution in [0.5, 0.6) is 0 Å². The van der Waals surface area contributed by atoms with Crippen molar-refractivity contribution in [2.75, 3.05) is 33.2 Å². The molecule has 40 heavy (non-hydrogen) atoms. The van der Waals surface area contributed by atoms with Crippen molar-refractivity contribution in [2.24, 2.45) is 0 Å². The van der Waals surface area contributed by atoms with Crippen LogP contribution in [0.1, 0.15) is 37.6 Å². The van der Waals surface area contributed by atoms with Crippen LogP contribution in [0, 0.1) is 0 Å². The van der Waals surface area contributed by atoms with Gasteiger partial charge in [0.15, 0.2) is 17.7 Å². The van der Waals surface area contributed by atoms with Crippen molar-refractivity contribution in [2.45, 2.75) is 63.4 Å². The molecule has 3 unspecified atom stereocenters. The summed E-state index contributed by atoms with van der Waals surface area (Å²) in [7, 11) is -2.46. The zero-order valence-electron chi connectivity index (χ0n) is 22.1. The lowest BCUT2D eigenvalue weighted by Gasteiger charge is -2.21. The second kappa shape index (κ2) is 15.1. The van der Waals surface area contributed by atoms with E-state index in [-0.39, 0.29) is 19.0 Å². The fourth-order valence-electron chi connectivity index (χ4n) is 4.16. The standard InChI is InChI=1S/C21H34N8O9P2/c1-33-39(31)36-8-6-4-3-5-7-28-9-14(26-27-28)10-35-18-17(30)15(11-37-40(32)34-2)38-21(18)29-13-25-16-19(22)23-12-24-20(16)29/h9,12-13,15,17-18,21,30,39-40H,3-8,10-11H2,1-2H3,(H2,22,23,24)/t15-,17?,18+,21-/m1/s1. The van der Waals surface area contributed by atoms with Crippen LogP contribution < -0.4 is 5.73 Å². The first kappa shape index (κ1) is 30.6. The fourth-order valence-corrected chi connectivity index (χ4v) is 5.01. The number of aryl methyl sites for hydroxylation is 1. The number of nitrogen functional groups attached to an aromatic ring is 1. The first-order chi connectivity index (χ1) is 19.4. The minimum atomic E-state index is -2.72. The Hall–Kier alpha value is -2.33. The minimum Gasteiger partial charge on any atom is -0.387 e. The molecule has 0 spiro atoms. The van der Waals surface area contributed by atoms with Gasteiger partial charge in [-0.1, -0.05) is 18.1 Å². The average Bonchev–Trinajstić information content (AvgIpc) is 3.67. The molecule has 0 amide bonds. The molecule has 0 radical (unpaired) electrons. The molecule has 0 bridgehead atoms. The van der Waals surface area contributed by atoms with Crippen LogP contribution in [0.3, 0.4) is 0 Å². The number of aliphatic hydroxyl groups excluding tert-OH is 1. The summed E-state index contributed by atoms with van der Waals surface area (Å²) in [6.45, 7) is 0.937. The summed E-state index contributed by atoms with van der Waals surface area (Å²) >= 11 is 0. The topological polar surface area (TPSA) is 210 Å². The van der Waals surface area contributed by atoms with E-state index in [4.69, 9.17) is 24.3 Å². The summed E-state index contributed by atoms with van der Waals surface area (Å²) in [6, 6.07) is 0. The lowest BCUT2D eigenvalue weighted by atomic mass is 10.1. The Morgan fingerprint density at radius 2 is 1.85 bits per heavy atom. The second-order valence-corrected chi connectivity index (χ2v) is 11.3. The Bertz CT molecular complexity index is 1280. The highest BCUT2D eigenvalue weighted by Gasteiger charge is 2.46. The van der Waals surface area contributed by atoms with Crippen LogP contribution >= 0.6 is 16.5 Å². The van der Waals surface area contributed by atoms with Crippen LogP contribution in [0.2, 0.25) is 0 Å². The zero-order valence-corrected chi connectivity index (χ0v) is 24.1. The van der Waals surface area contributed by atoms with Gasteiger partial charge in [-0.25, -0.2) is 15.0 Å². The molecule has 0 aromatic carbocycles. The summed E-state index contributed by atoms with van der Waals surface area (Å²) in [4.78, 5) is 12.5. The molecule has 6 atom stereocenters. The highest BCUT2D eigenvalue weighted by Crippen LogP contribution is 2.36. The number of nitrogens with zero attached hydrogens (tertiary/aromatic N) is 7. The molecule has 0 aliphatic carbocycles. The van der Waals surface area contributed by atoms with Crippen LogP contribution in [0.25, 0.3) is 11.2 Å². The van der Waals surface area contributed by atoms with Crippen molar-refractivity contribution in [3.63, 3.8) is 0 Å². The van der Waals surface area contributed by atoms with Crippen molar-refractivity contribution in [3.05, 3.63) is 24.5 Å². The molecule has 1 saturated heterocycles. The highest BCUT2D eigenvalue weighted by atomic mass is 31.1. The van der Waals surface area contributed by atoms with E-state index in [9.17, 15) is 14.2 Å². The van der Waals surface area contributed by atoms with E-state index in [1.807, 2.05) is 0 Å². The Kier molecular flexibility index (Phi) is 11.5. The lowest BCUT2D eigenvalue weighted by Crippen LogP contribution is -2.35. The Balaban J connectivity index is 1.34. The van der Waals surface area contributed by atoms with Crippen molar-refractivity contribution < 1.29 is 41.8 Å². The van der Waals surface area contributed by atoms with Gasteiger partial charge in [0.2, 0.25) is 0 Å². The number of imidazole rings is 1. The molecule has 3 N–H and O–H groups in total. The first-order valence-corrected chi connectivity index (χ1v) is 15.0. The predicted molar refractivity (Wildman–Crippen MR) is 141 cm³/mol. The molecule has 3 aromatic rings. The van der Waals surface area contributed by atoms with Crippen LogP contribution in [0.4, 0.5) is 5.82 Å². The third-order valence-corrected chi connectivity index (χ3v) is 7.69. The number of fused-ring (bicyclic) bond motifs is 1. The molecule has 19 heteroatoms. The Labute approximate surface area is 231 Å². The van der Waals surface area contributed by atoms with Crippen molar-refractivity contribution >= 4 is 33.5 Å². The van der Waals surface area contributed by atoms with Crippen LogP contribution in [-0.2, 0) is 49.9 Å². The van der Waals surface area contributed by atoms with Gasteiger partial charge in [-0.3, -0.25) is 18.4 Å². The lowest BCUT2D eigenvalue weighted by molar-refractivity contribution is -0.0761. The Morgan fingerprint density at radius 1 is 1.07 bits per heavy atom. The van der Waals surface area contributed by atoms with Crippen molar-refractivity contribution in [1.82, 2.24) is 34.5 Å². The van der Waals surface area contributed by atoms with Gasteiger partial charge in [0.1, 0.15) is 35.8 Å². The number of ether oxygens (including phenoxy) is 2. The van der Waals surface area contributed by atoms with Crippen LogP contribution in [0.15, 0.2) is 18.9 Å². The Morgan fingerprint density at radius 3 is 2.65 bits per heavy atom. The van der Waals surface area contributed by atoms with Crippen molar-refractivity contribution in [3.8, 4) is 0 Å². The zero-order chi connectivity index (χ0) is 28.5. The summed E-state index contributed by atoms with van der Waals surface area (Å²) in [6.07, 6.45) is 4.36. The maximum Gasteiger partial charge on any atom is 0.318 e. The van der Waals surface area contributed by atoms with Gasteiger partial charge >= 0.3 is 16.5 Å². The number of aromatic nitrogens is 7. The first-order valence-electron chi connectivity index (χ1n) is 12.6. The van der Waals surface area contributed by atoms with E-state index >= 15 is 0 Å². The van der Waals surface area contributed by atoms with Gasteiger partial charge in [-0.15, -0.1) is 5.10 Å². The molecule has 0 saturated carbocycles. The third-order valence-electron chi connectivity index (χ3n) is 6.18. The SMILES string of the molecule is CO[PH](=O)OCCCCCCn1cc(CO[C@H]2C(O)[C@@H](CO[PH](=O)OC)O[C@H]2n2cnc3c(N)ncnc32)nn1. The fraction of sp³-hybridized carbons (Fsp3) is 0.667. The number of rotatable bonds is 17. The molecule has 222 valence electrons. The molecule has 1 aliphatic rings. The van der Waals surface area contributed by atoms with E-state index < -0.39 is 41.0 Å². The molecule has 17 nitrogen and oxygen atoms in total. The summed E-state index contributed by atoms with van der Waals surface area (Å²) in [5, 5.41) is 19.3. The van der Waals surface area contributed by atoms with E-state index in [0.29, 0.717) is 30.0 Å². The number of nitrogens with two attached hydrogens (primary N) is 1. The van der Waals surface area contributed by atoms with E-state index in [2.05, 4.69) is 34.3 Å². The quantitative estimate of drug-likeness (QED) is 0.165. The average molecular weight is 604 g/mol. The molecule has 1 fully saturated rings. The van der Waals surface area contributed by atoms with Crippen molar-refractivity contribution in [1.29, 1.82) is 0 Å². The van der Waals surface area contributed by atoms with Gasteiger partial charge in [0.05, 0.1) is 32.3 Å². The molecular formula is C21H34N8O9P2. The normalized spacial score (nSPS) is 22.7. The van der Waals surface area contributed by atoms with E-state index in [1.165, 1.54) is 26.9 Å². The number of aliphatic hydroxyl groups is 1. The molecular weight excluding hydrogens is 570 g/mol. The number of hydrogen-bond acceptors (Lipinski definition) is 15.